The molecule has 0 aliphatic heterocycles. The van der Waals surface area contributed by atoms with E-state index in [-0.39, 0.29) is 11.7 Å². The first-order valence-electron chi connectivity index (χ1n) is 8.80. The minimum absolute atomic E-state index is 0.0423. The minimum atomic E-state index is 0.0423. The van der Waals surface area contributed by atoms with Crippen LogP contribution in [0.3, 0.4) is 0 Å². The summed E-state index contributed by atoms with van der Waals surface area (Å²) in [6, 6.07) is 21.4. The fourth-order valence-corrected chi connectivity index (χ4v) is 3.30. The summed E-state index contributed by atoms with van der Waals surface area (Å²) in [5.74, 6) is 0.948. The van der Waals surface area contributed by atoms with Gasteiger partial charge in [0.2, 0.25) is 0 Å². The van der Waals surface area contributed by atoms with Crippen molar-refractivity contribution in [3.8, 4) is 22.5 Å². The number of aromatic nitrogens is 2. The summed E-state index contributed by atoms with van der Waals surface area (Å²) in [5, 5.41) is 15.2. The van der Waals surface area contributed by atoms with Crippen LogP contribution in [0.2, 0.25) is 0 Å². The third-order valence-electron chi connectivity index (χ3n) is 4.84. The molecule has 0 unspecified atom stereocenters. The van der Waals surface area contributed by atoms with Gasteiger partial charge in [0.05, 0.1) is 11.0 Å². The van der Waals surface area contributed by atoms with Crippen molar-refractivity contribution in [3.63, 3.8) is 0 Å². The third kappa shape index (κ3) is 3.01. The first-order valence-corrected chi connectivity index (χ1v) is 8.80. The van der Waals surface area contributed by atoms with Gasteiger partial charge in [-0.15, -0.1) is 0 Å². The van der Waals surface area contributed by atoms with Gasteiger partial charge in [0, 0.05) is 23.7 Å². The number of nitrogens with one attached hydrogen (secondary N) is 2. The summed E-state index contributed by atoms with van der Waals surface area (Å²) >= 11 is 0. The molecule has 0 saturated carbocycles. The molecule has 0 spiro atoms. The number of hydrogen-bond donors (Lipinski definition) is 4. The Morgan fingerprint density at radius 3 is 2.11 bits per heavy atom. The first-order chi connectivity index (χ1) is 13.4. The Morgan fingerprint density at radius 1 is 0.786 bits per heavy atom. The maximum absolute atomic E-state index is 7.64. The third-order valence-corrected chi connectivity index (χ3v) is 4.84. The fourth-order valence-electron chi connectivity index (χ4n) is 3.30. The highest BCUT2D eigenvalue weighted by Gasteiger charge is 2.12. The number of benzene rings is 3. The number of hydrogen-bond acceptors (Lipinski definition) is 3. The number of amidine groups is 2. The molecule has 0 amide bonds. The van der Waals surface area contributed by atoms with Gasteiger partial charge < -0.3 is 16.0 Å². The monoisotopic (exact) mass is 368 g/mol. The summed E-state index contributed by atoms with van der Waals surface area (Å²) in [4.78, 5) is 4.76. The van der Waals surface area contributed by atoms with Crippen molar-refractivity contribution in [3.05, 3.63) is 77.9 Å². The predicted octanol–water partition coefficient (Wildman–Crippen LogP) is 3.48. The first kappa shape index (κ1) is 17.5. The van der Waals surface area contributed by atoms with Gasteiger partial charge in [0.1, 0.15) is 17.5 Å². The molecule has 1 aromatic heterocycles. The molecule has 6 heteroatoms. The van der Waals surface area contributed by atoms with Gasteiger partial charge in [-0.2, -0.15) is 0 Å². The molecular formula is C22H20N6. The van der Waals surface area contributed by atoms with Gasteiger partial charge in [-0.3, -0.25) is 10.8 Å². The normalized spacial score (nSPS) is 10.9. The zero-order valence-corrected chi connectivity index (χ0v) is 15.4. The number of aryl methyl sites for hydroxylation is 1. The van der Waals surface area contributed by atoms with Crippen molar-refractivity contribution >= 4 is 22.7 Å². The molecule has 6 nitrogen and oxygen atoms in total. The molecule has 0 atom stereocenters. The van der Waals surface area contributed by atoms with Gasteiger partial charge in [-0.25, -0.2) is 4.98 Å². The number of nitrogen functional groups attached to an aromatic ring is 2. The lowest BCUT2D eigenvalue weighted by atomic mass is 10.0. The summed E-state index contributed by atoms with van der Waals surface area (Å²) < 4.78 is 2.01. The lowest BCUT2D eigenvalue weighted by Gasteiger charge is -2.07. The quantitative estimate of drug-likeness (QED) is 0.326. The van der Waals surface area contributed by atoms with E-state index in [0.717, 1.165) is 33.5 Å². The van der Waals surface area contributed by atoms with E-state index >= 15 is 0 Å². The largest absolute Gasteiger partial charge is 0.384 e. The summed E-state index contributed by atoms with van der Waals surface area (Å²) in [5.41, 5.74) is 17.4. The molecule has 0 radical (unpaired) electrons. The zero-order chi connectivity index (χ0) is 19.8. The molecule has 0 saturated heterocycles. The predicted molar refractivity (Wildman–Crippen MR) is 114 cm³/mol. The standard InChI is InChI=1S/C22H20N6/c1-28-19-12-16(21(25)26)9-10-18(19)27-22(28)17-4-2-3-15(11-17)13-5-7-14(8-6-13)20(23)24/h2-12H,1H3,(H3,23,24)(H3,25,26). The van der Waals surface area contributed by atoms with Crippen molar-refractivity contribution in [1.82, 2.24) is 9.55 Å². The van der Waals surface area contributed by atoms with Crippen LogP contribution in [0.15, 0.2) is 66.7 Å². The van der Waals surface area contributed by atoms with Crippen molar-refractivity contribution in [1.29, 1.82) is 10.8 Å². The molecule has 0 bridgehead atoms. The molecular weight excluding hydrogens is 348 g/mol. The second-order valence-corrected chi connectivity index (χ2v) is 6.68. The Hall–Kier alpha value is -3.93. The van der Waals surface area contributed by atoms with Crippen LogP contribution in [-0.4, -0.2) is 21.2 Å². The molecule has 4 aromatic rings. The number of imidazole rings is 1. The van der Waals surface area contributed by atoms with E-state index in [1.165, 1.54) is 0 Å². The zero-order valence-electron chi connectivity index (χ0n) is 15.4. The molecule has 6 N–H and O–H groups in total. The second kappa shape index (κ2) is 6.66. The Morgan fingerprint density at radius 2 is 1.43 bits per heavy atom. The number of rotatable bonds is 4. The van der Waals surface area contributed by atoms with Crippen LogP contribution in [-0.2, 0) is 7.05 Å². The number of nitrogens with zero attached hydrogens (tertiary/aromatic N) is 2. The van der Waals surface area contributed by atoms with Crippen molar-refractivity contribution in [2.45, 2.75) is 0 Å². The highest BCUT2D eigenvalue weighted by Crippen LogP contribution is 2.28. The molecule has 0 aliphatic rings. The average molecular weight is 368 g/mol. The summed E-state index contributed by atoms with van der Waals surface area (Å²) in [6.07, 6.45) is 0. The maximum atomic E-state index is 7.64. The lowest BCUT2D eigenvalue weighted by molar-refractivity contribution is 0.959. The molecule has 28 heavy (non-hydrogen) atoms. The van der Waals surface area contributed by atoms with E-state index < -0.39 is 0 Å². The second-order valence-electron chi connectivity index (χ2n) is 6.68. The van der Waals surface area contributed by atoms with E-state index in [0.29, 0.717) is 11.1 Å². The maximum Gasteiger partial charge on any atom is 0.140 e. The van der Waals surface area contributed by atoms with E-state index in [9.17, 15) is 0 Å². The van der Waals surface area contributed by atoms with Crippen LogP contribution in [0.5, 0.6) is 0 Å². The van der Waals surface area contributed by atoms with E-state index in [4.69, 9.17) is 27.3 Å². The fraction of sp³-hybridized carbons (Fsp3) is 0.0455. The van der Waals surface area contributed by atoms with Crippen LogP contribution >= 0.6 is 0 Å². The van der Waals surface area contributed by atoms with Crippen LogP contribution in [0.25, 0.3) is 33.5 Å². The molecule has 138 valence electrons. The van der Waals surface area contributed by atoms with Crippen LogP contribution < -0.4 is 11.5 Å². The van der Waals surface area contributed by atoms with Crippen LogP contribution in [0, 0.1) is 10.8 Å². The number of nitrogens with two attached hydrogens (primary N) is 2. The highest BCUT2D eigenvalue weighted by molar-refractivity contribution is 5.98. The lowest BCUT2D eigenvalue weighted by Crippen LogP contribution is -2.10. The topological polar surface area (TPSA) is 118 Å². The minimum Gasteiger partial charge on any atom is -0.384 e. The summed E-state index contributed by atoms with van der Waals surface area (Å²) in [6.45, 7) is 0. The van der Waals surface area contributed by atoms with Gasteiger partial charge in [0.15, 0.2) is 0 Å². The van der Waals surface area contributed by atoms with Crippen molar-refractivity contribution in [2.24, 2.45) is 18.5 Å². The van der Waals surface area contributed by atoms with Gasteiger partial charge >= 0.3 is 0 Å². The van der Waals surface area contributed by atoms with Crippen LogP contribution in [0.4, 0.5) is 0 Å². The summed E-state index contributed by atoms with van der Waals surface area (Å²) in [7, 11) is 1.96. The Bertz CT molecular complexity index is 1220. The molecule has 0 fully saturated rings. The van der Waals surface area contributed by atoms with Crippen molar-refractivity contribution in [2.75, 3.05) is 0 Å². The van der Waals surface area contributed by atoms with Gasteiger partial charge in [-0.1, -0.05) is 42.5 Å². The molecule has 4 rings (SSSR count). The van der Waals surface area contributed by atoms with Gasteiger partial charge in [0.25, 0.3) is 0 Å². The van der Waals surface area contributed by atoms with Crippen molar-refractivity contribution < 1.29 is 0 Å². The van der Waals surface area contributed by atoms with Crippen LogP contribution in [0.1, 0.15) is 11.1 Å². The Labute approximate surface area is 162 Å². The Kier molecular flexibility index (Phi) is 4.16. The molecule has 3 aromatic carbocycles. The molecule has 1 heterocycles. The average Bonchev–Trinajstić information content (AvgIpc) is 3.04. The smallest absolute Gasteiger partial charge is 0.140 e. The number of fused-ring (bicyclic) bond motifs is 1. The van der Waals surface area contributed by atoms with E-state index in [1.54, 1.807) is 0 Å². The highest BCUT2D eigenvalue weighted by atomic mass is 15.1. The van der Waals surface area contributed by atoms with E-state index in [2.05, 4.69) is 6.07 Å². The van der Waals surface area contributed by atoms with E-state index in [1.807, 2.05) is 72.3 Å². The SMILES string of the molecule is Cn1c(-c2cccc(-c3ccc(C(=N)N)cc3)c2)nc2ccc(C(=N)N)cc21. The van der Waals surface area contributed by atoms with Gasteiger partial charge in [-0.05, 0) is 35.4 Å². The Balaban J connectivity index is 1.78. The molecule has 0 aliphatic carbocycles.